The van der Waals surface area contributed by atoms with E-state index in [0.29, 0.717) is 62.0 Å². The van der Waals surface area contributed by atoms with Gasteiger partial charge in [0.25, 0.3) is 11.8 Å². The Balaban J connectivity index is 1.24. The third kappa shape index (κ3) is 7.33. The highest BCUT2D eigenvalue weighted by molar-refractivity contribution is 6.11. The Morgan fingerprint density at radius 3 is 2.35 bits per heavy atom. The van der Waals surface area contributed by atoms with Crippen LogP contribution in [0.25, 0.3) is 11.3 Å². The van der Waals surface area contributed by atoms with Gasteiger partial charge in [-0.3, -0.25) is 24.4 Å². The first-order valence-electron chi connectivity index (χ1n) is 18.2. The normalized spacial score (nSPS) is 19.5. The van der Waals surface area contributed by atoms with Crippen molar-refractivity contribution in [2.45, 2.75) is 37.6 Å². The molecule has 0 saturated carbocycles. The summed E-state index contributed by atoms with van der Waals surface area (Å²) in [7, 11) is 3.20. The summed E-state index contributed by atoms with van der Waals surface area (Å²) in [6, 6.07) is 17.7. The van der Waals surface area contributed by atoms with Gasteiger partial charge in [-0.2, -0.15) is 18.3 Å². The zero-order valence-corrected chi connectivity index (χ0v) is 30.5. The molecule has 288 valence electrons. The first-order valence-corrected chi connectivity index (χ1v) is 18.2. The van der Waals surface area contributed by atoms with Crippen LogP contribution in [-0.2, 0) is 31.2 Å². The number of halogens is 3. The van der Waals surface area contributed by atoms with E-state index in [1.54, 1.807) is 30.4 Å². The Morgan fingerprint density at radius 1 is 0.945 bits per heavy atom. The molecule has 55 heavy (non-hydrogen) atoms. The highest BCUT2D eigenvalue weighted by Crippen LogP contribution is 2.42. The van der Waals surface area contributed by atoms with Crippen molar-refractivity contribution in [3.05, 3.63) is 94.7 Å². The van der Waals surface area contributed by atoms with Crippen LogP contribution in [0.2, 0.25) is 0 Å². The molecular formula is C40H41F3N6O6. The van der Waals surface area contributed by atoms with Gasteiger partial charge in [-0.25, -0.2) is 0 Å². The van der Waals surface area contributed by atoms with E-state index >= 15 is 4.79 Å². The summed E-state index contributed by atoms with van der Waals surface area (Å²) in [4.78, 5) is 35.2. The standard InChI is InChI=1S/C40H41F3N6O6/c1-45-22-29(20-44-45)49(27-7-9-30(50)10-8-27)39(52)33-16-34(46(2)35(33)19-40(41,42)43)31-17-36-37(55-24-54-36)18-32(31)38(51)48-21-26-6-4-3-5-25(26)15-28(48)23-47-11-13-53-14-12-47/h3-10,16-18,20,28-29,50H,11-15,19,21-24H2,1-2H3/t28-,29?/m0/s1. The number of phenolic OH excluding ortho intramolecular Hbond substituents is 1. The number of carbonyl (C=O) groups is 2. The molecule has 1 N–H and O–H groups in total. The summed E-state index contributed by atoms with van der Waals surface area (Å²) in [5.41, 5.74) is 2.85. The van der Waals surface area contributed by atoms with Crippen molar-refractivity contribution in [1.82, 2.24) is 19.4 Å². The van der Waals surface area contributed by atoms with Crippen molar-refractivity contribution < 1.29 is 42.1 Å². The maximum atomic E-state index is 15.0. The number of likely N-dealkylation sites (N-methyl/N-ethyl adjacent to an activating group) is 1. The van der Waals surface area contributed by atoms with E-state index in [2.05, 4.69) is 16.1 Å². The van der Waals surface area contributed by atoms with E-state index in [1.165, 1.54) is 46.8 Å². The molecule has 1 fully saturated rings. The predicted octanol–water partition coefficient (Wildman–Crippen LogP) is 5.08. The van der Waals surface area contributed by atoms with Crippen LogP contribution in [0.4, 0.5) is 18.9 Å². The molecule has 4 aliphatic heterocycles. The number of hydrogen-bond donors (Lipinski definition) is 1. The summed E-state index contributed by atoms with van der Waals surface area (Å²) >= 11 is 0. The van der Waals surface area contributed by atoms with Gasteiger partial charge >= 0.3 is 6.18 Å². The topological polar surface area (TPSA) is 112 Å². The number of ether oxygens (including phenoxy) is 3. The lowest BCUT2D eigenvalue weighted by Crippen LogP contribution is -2.52. The van der Waals surface area contributed by atoms with Crippen LogP contribution in [0.15, 0.2) is 71.8 Å². The Kier molecular flexibility index (Phi) is 9.67. The fourth-order valence-corrected chi connectivity index (χ4v) is 7.95. The maximum Gasteiger partial charge on any atom is 0.394 e. The summed E-state index contributed by atoms with van der Waals surface area (Å²) in [6.45, 7) is 3.86. The molecule has 0 radical (unpaired) electrons. The van der Waals surface area contributed by atoms with Gasteiger partial charge in [-0.05, 0) is 60.0 Å². The van der Waals surface area contributed by atoms with Gasteiger partial charge in [0.2, 0.25) is 6.79 Å². The fourth-order valence-electron chi connectivity index (χ4n) is 7.95. The van der Waals surface area contributed by atoms with Crippen LogP contribution in [0.3, 0.4) is 0 Å². The molecule has 2 amide bonds. The molecule has 1 saturated heterocycles. The summed E-state index contributed by atoms with van der Waals surface area (Å²) < 4.78 is 61.5. The van der Waals surface area contributed by atoms with E-state index < -0.39 is 24.5 Å². The molecule has 8 rings (SSSR count). The molecule has 1 aromatic heterocycles. The quantitative estimate of drug-likeness (QED) is 0.265. The number of hydrazone groups is 1. The number of alkyl halides is 3. The van der Waals surface area contributed by atoms with Crippen molar-refractivity contribution in [3.8, 4) is 28.5 Å². The van der Waals surface area contributed by atoms with Crippen LogP contribution in [0.1, 0.15) is 37.5 Å². The number of fused-ring (bicyclic) bond motifs is 2. The third-order valence-corrected chi connectivity index (χ3v) is 10.7. The number of carbonyl (C=O) groups excluding carboxylic acids is 2. The smallest absolute Gasteiger partial charge is 0.394 e. The van der Waals surface area contributed by atoms with Gasteiger partial charge in [-0.1, -0.05) is 24.3 Å². The van der Waals surface area contributed by atoms with Crippen LogP contribution in [-0.4, -0.2) is 114 Å². The Labute approximate surface area is 315 Å². The van der Waals surface area contributed by atoms with Crippen molar-refractivity contribution in [3.63, 3.8) is 0 Å². The summed E-state index contributed by atoms with van der Waals surface area (Å²) in [5.74, 6) is -0.354. The van der Waals surface area contributed by atoms with Crippen molar-refractivity contribution in [2.24, 2.45) is 12.1 Å². The lowest BCUT2D eigenvalue weighted by Gasteiger charge is -2.40. The number of aromatic nitrogens is 1. The number of aromatic hydroxyl groups is 1. The molecule has 2 atom stereocenters. The number of rotatable bonds is 8. The Hall–Kier alpha value is -5.54. The van der Waals surface area contributed by atoms with E-state index in [1.807, 2.05) is 23.1 Å². The maximum absolute atomic E-state index is 15.0. The minimum atomic E-state index is -4.67. The van der Waals surface area contributed by atoms with Crippen molar-refractivity contribution in [2.75, 3.05) is 58.1 Å². The average molecular weight is 759 g/mol. The number of amides is 2. The molecule has 0 aliphatic carbocycles. The Bertz CT molecular complexity index is 2130. The number of hydrogen-bond acceptors (Lipinski definition) is 9. The molecule has 4 aliphatic rings. The van der Waals surface area contributed by atoms with Crippen molar-refractivity contribution in [1.29, 1.82) is 0 Å². The monoisotopic (exact) mass is 758 g/mol. The van der Waals surface area contributed by atoms with Crippen LogP contribution in [0.5, 0.6) is 17.2 Å². The first-order chi connectivity index (χ1) is 26.4. The van der Waals surface area contributed by atoms with Crippen molar-refractivity contribution >= 4 is 23.7 Å². The minimum Gasteiger partial charge on any atom is -0.508 e. The molecule has 4 aromatic rings. The predicted molar refractivity (Wildman–Crippen MR) is 198 cm³/mol. The van der Waals surface area contributed by atoms with Gasteiger partial charge in [0.1, 0.15) is 5.75 Å². The third-order valence-electron chi connectivity index (χ3n) is 10.7. The number of benzene rings is 3. The zero-order valence-electron chi connectivity index (χ0n) is 30.5. The van der Waals surface area contributed by atoms with E-state index in [0.717, 1.165) is 24.2 Å². The second-order valence-corrected chi connectivity index (χ2v) is 14.3. The zero-order chi connectivity index (χ0) is 38.4. The van der Waals surface area contributed by atoms with Gasteiger partial charge < -0.3 is 28.8 Å². The number of nitrogens with zero attached hydrogens (tertiary/aromatic N) is 6. The van der Waals surface area contributed by atoms with E-state index in [-0.39, 0.29) is 47.0 Å². The molecule has 1 unspecified atom stereocenters. The largest absolute Gasteiger partial charge is 0.508 e. The molecule has 0 spiro atoms. The highest BCUT2D eigenvalue weighted by atomic mass is 19.4. The Morgan fingerprint density at radius 2 is 1.65 bits per heavy atom. The molecule has 0 bridgehead atoms. The molecule has 15 heteroatoms. The molecule has 3 aromatic carbocycles. The fraction of sp³-hybridized carbons (Fsp3) is 0.375. The minimum absolute atomic E-state index is 0.0301. The number of morpholine rings is 1. The molecular weight excluding hydrogens is 717 g/mol. The number of phenols is 1. The van der Waals surface area contributed by atoms with Crippen LogP contribution < -0.4 is 14.4 Å². The highest BCUT2D eigenvalue weighted by Gasteiger charge is 2.39. The first kappa shape index (κ1) is 36.4. The summed E-state index contributed by atoms with van der Waals surface area (Å²) in [6.07, 6.45) is -3.87. The second-order valence-electron chi connectivity index (χ2n) is 14.3. The van der Waals surface area contributed by atoms with Crippen LogP contribution in [0, 0.1) is 0 Å². The number of anilines is 1. The second kappa shape index (κ2) is 14.6. The lowest BCUT2D eigenvalue weighted by molar-refractivity contribution is -0.128. The average Bonchev–Trinajstić information content (AvgIpc) is 3.89. The van der Waals surface area contributed by atoms with Gasteiger partial charge in [0.15, 0.2) is 11.5 Å². The molecule has 5 heterocycles. The summed E-state index contributed by atoms with van der Waals surface area (Å²) in [5, 5.41) is 15.9. The lowest BCUT2D eigenvalue weighted by atomic mass is 9.92. The SMILES string of the molecule is CN1CC(N(C(=O)c2cc(-c3cc4c(cc3C(=O)N3Cc5ccccc5C[C@H]3CN3CCOCC3)OCO4)n(C)c2CC(F)(F)F)c2ccc(O)cc2)C=N1. The van der Waals surface area contributed by atoms with Gasteiger partial charge in [-0.15, -0.1) is 0 Å². The van der Waals surface area contributed by atoms with Gasteiger partial charge in [0, 0.05) is 75.2 Å². The van der Waals surface area contributed by atoms with Gasteiger partial charge in [0.05, 0.1) is 43.3 Å². The van der Waals surface area contributed by atoms with E-state index in [4.69, 9.17) is 14.2 Å². The molecule has 12 nitrogen and oxygen atoms in total. The van der Waals surface area contributed by atoms with Crippen LogP contribution >= 0.6 is 0 Å². The van der Waals surface area contributed by atoms with E-state index in [9.17, 15) is 23.1 Å².